The van der Waals surface area contributed by atoms with Crippen molar-refractivity contribution in [1.82, 2.24) is 25.2 Å². The van der Waals surface area contributed by atoms with E-state index in [9.17, 15) is 19.5 Å². The SMILES string of the molecule is COc1cccc2[nH]c(C(=O)NC(CC(C)C)C(=O)NC(Cc3cncn3C)C(=O)O)cc12. The first-order valence-corrected chi connectivity index (χ1v) is 10.6. The minimum Gasteiger partial charge on any atom is -0.496 e. The third-order valence-electron chi connectivity index (χ3n) is 5.36. The summed E-state index contributed by atoms with van der Waals surface area (Å²) in [5.74, 6) is -1.47. The first-order chi connectivity index (χ1) is 15.7. The number of ether oxygens (including phenoxy) is 1. The number of rotatable bonds is 10. The molecule has 10 heteroatoms. The maximum Gasteiger partial charge on any atom is 0.326 e. The number of nitrogens with one attached hydrogen (secondary N) is 3. The fraction of sp³-hybridized carbons (Fsp3) is 0.391. The van der Waals surface area contributed by atoms with Gasteiger partial charge in [0, 0.05) is 36.3 Å². The van der Waals surface area contributed by atoms with Gasteiger partial charge in [0.25, 0.3) is 5.91 Å². The van der Waals surface area contributed by atoms with E-state index < -0.39 is 29.9 Å². The maximum atomic E-state index is 13.0. The second-order valence-corrected chi connectivity index (χ2v) is 8.36. The molecule has 2 amide bonds. The second kappa shape index (κ2) is 10.2. The van der Waals surface area contributed by atoms with E-state index in [1.807, 2.05) is 26.0 Å². The number of hydrogen-bond acceptors (Lipinski definition) is 5. The highest BCUT2D eigenvalue weighted by Crippen LogP contribution is 2.26. The quantitative estimate of drug-likeness (QED) is 0.368. The lowest BCUT2D eigenvalue weighted by atomic mass is 10.0. The van der Waals surface area contributed by atoms with Gasteiger partial charge in [0.05, 0.1) is 13.4 Å². The summed E-state index contributed by atoms with van der Waals surface area (Å²) in [5.41, 5.74) is 1.67. The van der Waals surface area contributed by atoms with Crippen LogP contribution in [0.15, 0.2) is 36.8 Å². The molecule has 33 heavy (non-hydrogen) atoms. The van der Waals surface area contributed by atoms with Gasteiger partial charge < -0.3 is 30.0 Å². The highest BCUT2D eigenvalue weighted by atomic mass is 16.5. The first-order valence-electron chi connectivity index (χ1n) is 10.6. The van der Waals surface area contributed by atoms with E-state index in [0.717, 1.165) is 10.9 Å². The van der Waals surface area contributed by atoms with Crippen LogP contribution in [0.2, 0.25) is 0 Å². The van der Waals surface area contributed by atoms with Crippen LogP contribution in [0, 0.1) is 5.92 Å². The van der Waals surface area contributed by atoms with Crippen LogP contribution < -0.4 is 15.4 Å². The van der Waals surface area contributed by atoms with Gasteiger partial charge in [-0.1, -0.05) is 19.9 Å². The Bertz CT molecular complexity index is 1150. The molecule has 176 valence electrons. The zero-order chi connectivity index (χ0) is 24.1. The Labute approximate surface area is 191 Å². The van der Waals surface area contributed by atoms with Gasteiger partial charge in [0.15, 0.2) is 0 Å². The van der Waals surface area contributed by atoms with Gasteiger partial charge in [-0.25, -0.2) is 9.78 Å². The topological polar surface area (TPSA) is 138 Å². The van der Waals surface area contributed by atoms with Crippen molar-refractivity contribution in [3.63, 3.8) is 0 Å². The van der Waals surface area contributed by atoms with Crippen LogP contribution in [0.5, 0.6) is 5.75 Å². The third kappa shape index (κ3) is 5.71. The molecule has 4 N–H and O–H groups in total. The van der Waals surface area contributed by atoms with E-state index in [0.29, 0.717) is 17.9 Å². The smallest absolute Gasteiger partial charge is 0.326 e. The van der Waals surface area contributed by atoms with E-state index in [4.69, 9.17) is 4.74 Å². The van der Waals surface area contributed by atoms with Crippen molar-refractivity contribution in [3.8, 4) is 5.75 Å². The molecule has 2 atom stereocenters. The second-order valence-electron chi connectivity index (χ2n) is 8.36. The molecule has 2 aromatic heterocycles. The molecule has 0 radical (unpaired) electrons. The fourth-order valence-corrected chi connectivity index (χ4v) is 3.63. The molecular weight excluding hydrogens is 426 g/mol. The number of carboxylic acid groups (broad SMARTS) is 1. The van der Waals surface area contributed by atoms with E-state index in [1.165, 1.54) is 0 Å². The predicted molar refractivity (Wildman–Crippen MR) is 122 cm³/mol. The predicted octanol–water partition coefficient (Wildman–Crippen LogP) is 1.87. The monoisotopic (exact) mass is 455 g/mol. The molecule has 2 unspecified atom stereocenters. The number of imidazole rings is 1. The minimum absolute atomic E-state index is 0.0712. The number of hydrogen-bond donors (Lipinski definition) is 4. The maximum absolute atomic E-state index is 13.0. The average Bonchev–Trinajstić information content (AvgIpc) is 3.38. The molecule has 0 aliphatic carbocycles. The van der Waals surface area contributed by atoms with Crippen LogP contribution in [0.3, 0.4) is 0 Å². The number of methoxy groups -OCH3 is 1. The number of aryl methyl sites for hydroxylation is 1. The molecule has 10 nitrogen and oxygen atoms in total. The minimum atomic E-state index is -1.16. The number of carbonyl (C=O) groups excluding carboxylic acids is 2. The zero-order valence-corrected chi connectivity index (χ0v) is 19.1. The number of fused-ring (bicyclic) bond motifs is 1. The summed E-state index contributed by atoms with van der Waals surface area (Å²) in [6.07, 6.45) is 3.54. The number of aromatic nitrogens is 3. The van der Waals surface area contributed by atoms with E-state index in [2.05, 4.69) is 20.6 Å². The highest BCUT2D eigenvalue weighted by Gasteiger charge is 2.28. The molecular formula is C23H29N5O5. The molecule has 1 aromatic carbocycles. The van der Waals surface area contributed by atoms with Crippen molar-refractivity contribution in [1.29, 1.82) is 0 Å². The van der Waals surface area contributed by atoms with Crippen LogP contribution >= 0.6 is 0 Å². The number of benzene rings is 1. The Hall–Kier alpha value is -3.82. The summed E-state index contributed by atoms with van der Waals surface area (Å²) in [5, 5.41) is 15.7. The van der Waals surface area contributed by atoms with Crippen LogP contribution in [0.4, 0.5) is 0 Å². The number of amides is 2. The molecule has 0 fully saturated rings. The number of aliphatic carboxylic acids is 1. The van der Waals surface area contributed by atoms with Gasteiger partial charge >= 0.3 is 5.97 Å². The lowest BCUT2D eigenvalue weighted by Gasteiger charge is -2.22. The Balaban J connectivity index is 1.76. The van der Waals surface area contributed by atoms with Crippen LogP contribution in [-0.2, 0) is 23.1 Å². The average molecular weight is 456 g/mol. The van der Waals surface area contributed by atoms with Gasteiger partial charge in [-0.2, -0.15) is 0 Å². The number of carbonyl (C=O) groups is 3. The molecule has 2 heterocycles. The summed E-state index contributed by atoms with van der Waals surface area (Å²) in [4.78, 5) is 44.7. The Morgan fingerprint density at radius 1 is 1.21 bits per heavy atom. The van der Waals surface area contributed by atoms with Gasteiger partial charge in [0.1, 0.15) is 23.5 Å². The molecule has 3 rings (SSSR count). The van der Waals surface area contributed by atoms with Gasteiger partial charge in [-0.05, 0) is 30.5 Å². The third-order valence-corrected chi connectivity index (χ3v) is 5.36. The zero-order valence-electron chi connectivity index (χ0n) is 19.1. The number of carboxylic acids is 1. The molecule has 0 saturated carbocycles. The molecule has 0 spiro atoms. The van der Waals surface area contributed by atoms with E-state index in [1.54, 1.807) is 43.4 Å². The number of aromatic amines is 1. The molecule has 3 aromatic rings. The Kier molecular flexibility index (Phi) is 7.37. The highest BCUT2D eigenvalue weighted by molar-refractivity contribution is 6.01. The molecule has 0 aliphatic rings. The van der Waals surface area contributed by atoms with Crippen molar-refractivity contribution < 1.29 is 24.2 Å². The van der Waals surface area contributed by atoms with Crippen LogP contribution in [0.25, 0.3) is 10.9 Å². The summed E-state index contributed by atoms with van der Waals surface area (Å²) in [7, 11) is 3.30. The van der Waals surface area contributed by atoms with Crippen molar-refractivity contribution in [2.75, 3.05) is 7.11 Å². The lowest BCUT2D eigenvalue weighted by molar-refractivity contribution is -0.142. The van der Waals surface area contributed by atoms with E-state index >= 15 is 0 Å². The van der Waals surface area contributed by atoms with Crippen LogP contribution in [-0.4, -0.2) is 56.6 Å². The number of nitrogens with zero attached hydrogens (tertiary/aromatic N) is 2. The van der Waals surface area contributed by atoms with E-state index in [-0.39, 0.29) is 18.0 Å². The number of H-pyrrole nitrogens is 1. The normalized spacial score (nSPS) is 13.0. The molecule has 0 saturated heterocycles. The van der Waals surface area contributed by atoms with Crippen LogP contribution in [0.1, 0.15) is 36.5 Å². The summed E-state index contributed by atoms with van der Waals surface area (Å²) in [6.45, 7) is 3.84. The van der Waals surface area contributed by atoms with Gasteiger partial charge in [-0.15, -0.1) is 0 Å². The fourth-order valence-electron chi connectivity index (χ4n) is 3.63. The van der Waals surface area contributed by atoms with Gasteiger partial charge in [-0.3, -0.25) is 9.59 Å². The van der Waals surface area contributed by atoms with Crippen molar-refractivity contribution in [2.45, 2.75) is 38.8 Å². The molecule has 0 aliphatic heterocycles. The summed E-state index contributed by atoms with van der Waals surface area (Å²) in [6, 6.07) is 5.03. The van der Waals surface area contributed by atoms with Gasteiger partial charge in [0.2, 0.25) is 5.91 Å². The van der Waals surface area contributed by atoms with Crippen molar-refractivity contribution in [2.24, 2.45) is 13.0 Å². The Morgan fingerprint density at radius 3 is 2.58 bits per heavy atom. The standard InChI is InChI=1S/C23H29N5O5/c1-13(2)8-17(21(29)27-19(23(31)32)9-14-11-24-12-28(14)3)26-22(30)18-10-15-16(25-18)6-5-7-20(15)33-4/h5-7,10-13,17,19,25H,8-9H2,1-4H3,(H,26,30)(H,27,29)(H,31,32). The largest absolute Gasteiger partial charge is 0.496 e. The summed E-state index contributed by atoms with van der Waals surface area (Å²) < 4.78 is 7.03. The summed E-state index contributed by atoms with van der Waals surface area (Å²) >= 11 is 0. The van der Waals surface area contributed by atoms with Crippen molar-refractivity contribution in [3.05, 3.63) is 48.2 Å². The molecule has 0 bridgehead atoms. The lowest BCUT2D eigenvalue weighted by Crippen LogP contribution is -2.52. The van der Waals surface area contributed by atoms with Crippen molar-refractivity contribution >= 4 is 28.7 Å². The Morgan fingerprint density at radius 2 is 1.97 bits per heavy atom. The first kappa shape index (κ1) is 23.8.